The average molecular weight is 841 g/mol. The van der Waals surface area contributed by atoms with E-state index in [4.69, 9.17) is 28.4 Å². The van der Waals surface area contributed by atoms with Gasteiger partial charge in [-0.1, -0.05) is 62.1 Å². The highest BCUT2D eigenvalue weighted by molar-refractivity contribution is 6.76. The third kappa shape index (κ3) is 13.0. The van der Waals surface area contributed by atoms with Gasteiger partial charge in [0.2, 0.25) is 0 Å². The van der Waals surface area contributed by atoms with Crippen LogP contribution in [0.2, 0.25) is 25.7 Å². The highest BCUT2D eigenvalue weighted by Crippen LogP contribution is 2.38. The fourth-order valence-electron chi connectivity index (χ4n) is 8.07. The summed E-state index contributed by atoms with van der Waals surface area (Å²) < 4.78 is 36.7. The molecule has 3 fully saturated rings. The Morgan fingerprint density at radius 1 is 0.814 bits per heavy atom. The van der Waals surface area contributed by atoms with E-state index in [-0.39, 0.29) is 19.7 Å². The van der Waals surface area contributed by atoms with E-state index >= 15 is 0 Å². The Hall–Kier alpha value is -3.89. The molecule has 2 unspecified atom stereocenters. The summed E-state index contributed by atoms with van der Waals surface area (Å²) in [7, 11) is -1.55. The number of benzene rings is 2. The lowest BCUT2D eigenvalue weighted by Gasteiger charge is -2.35. The molecule has 2 aromatic rings. The van der Waals surface area contributed by atoms with Crippen LogP contribution < -0.4 is 4.74 Å². The summed E-state index contributed by atoms with van der Waals surface area (Å²) >= 11 is 0. The molecule has 3 saturated heterocycles. The van der Waals surface area contributed by atoms with Gasteiger partial charge in [0, 0.05) is 27.7 Å². The summed E-state index contributed by atoms with van der Waals surface area (Å²) in [6.07, 6.45) is -2.77. The Morgan fingerprint density at radius 3 is 1.90 bits per heavy atom. The molecule has 2 aromatic carbocycles. The number of rotatable bonds is 15. The van der Waals surface area contributed by atoms with Gasteiger partial charge in [0.25, 0.3) is 0 Å². The SMILES string of the molecule is CC(C)(C)OC(=O)N1C(Cc2ccc(OCCN3CCOCC3)cc2)C(CN(C[C@H]2OC(C)(C)N(C(=O)O)[C@H]2Cc2ccccc2)C(=O)OCC[Si](C)(C)C)OC1(C)C. The van der Waals surface area contributed by atoms with Gasteiger partial charge in [0.1, 0.15) is 29.4 Å². The van der Waals surface area contributed by atoms with Crippen LogP contribution >= 0.6 is 0 Å². The molecule has 14 nitrogen and oxygen atoms in total. The van der Waals surface area contributed by atoms with Crippen molar-refractivity contribution < 1.29 is 47.9 Å². The third-order valence-corrected chi connectivity index (χ3v) is 12.6. The van der Waals surface area contributed by atoms with Crippen LogP contribution in [0.25, 0.3) is 0 Å². The van der Waals surface area contributed by atoms with E-state index in [9.17, 15) is 19.5 Å². The van der Waals surface area contributed by atoms with E-state index in [1.54, 1.807) is 23.6 Å². The van der Waals surface area contributed by atoms with Crippen LogP contribution in [0.15, 0.2) is 54.6 Å². The molecule has 0 aromatic heterocycles. The molecule has 3 heterocycles. The summed E-state index contributed by atoms with van der Waals surface area (Å²) in [6, 6.07) is 17.1. The van der Waals surface area contributed by atoms with Crippen molar-refractivity contribution in [3.63, 3.8) is 0 Å². The molecule has 0 saturated carbocycles. The molecule has 3 amide bonds. The van der Waals surface area contributed by atoms with Crippen LogP contribution in [0.4, 0.5) is 14.4 Å². The van der Waals surface area contributed by atoms with Crippen molar-refractivity contribution in [3.05, 3.63) is 65.7 Å². The van der Waals surface area contributed by atoms with Crippen molar-refractivity contribution in [1.82, 2.24) is 19.6 Å². The largest absolute Gasteiger partial charge is 0.492 e. The maximum atomic E-state index is 14.3. The van der Waals surface area contributed by atoms with Crippen molar-refractivity contribution in [2.24, 2.45) is 0 Å². The van der Waals surface area contributed by atoms with E-state index in [2.05, 4.69) is 24.5 Å². The van der Waals surface area contributed by atoms with E-state index in [1.165, 1.54) is 4.90 Å². The second-order valence-electron chi connectivity index (χ2n) is 19.0. The second kappa shape index (κ2) is 19.2. The number of amides is 3. The van der Waals surface area contributed by atoms with Crippen molar-refractivity contribution in [3.8, 4) is 5.75 Å². The van der Waals surface area contributed by atoms with Gasteiger partial charge in [-0.2, -0.15) is 0 Å². The monoisotopic (exact) mass is 840 g/mol. The van der Waals surface area contributed by atoms with E-state index in [1.807, 2.05) is 89.2 Å². The third-order valence-electron chi connectivity index (χ3n) is 10.9. The van der Waals surface area contributed by atoms with Crippen LogP contribution in [0, 0.1) is 0 Å². The number of hydrogen-bond donors (Lipinski definition) is 1. The van der Waals surface area contributed by atoms with Crippen molar-refractivity contribution in [2.45, 2.75) is 128 Å². The van der Waals surface area contributed by atoms with Gasteiger partial charge in [-0.25, -0.2) is 14.4 Å². The molecule has 0 radical (unpaired) electrons. The number of hydrogen-bond acceptors (Lipinski definition) is 10. The van der Waals surface area contributed by atoms with Crippen molar-refractivity contribution in [2.75, 3.05) is 59.2 Å². The molecule has 0 aliphatic carbocycles. The van der Waals surface area contributed by atoms with E-state index in [0.717, 1.165) is 55.8 Å². The Balaban J connectivity index is 1.43. The molecule has 3 aliphatic rings. The maximum absolute atomic E-state index is 14.3. The standard InChI is InChI=1S/C44H68N4O10Si/c1-42(2,3)58-41(52)48-36(29-33-16-18-34(19-17-33)54-25-22-45-20-23-53-24-21-45)38(57-44(48,6)7)31-46(40(51)55-26-27-59(8,9)10)30-37-35(28-32-14-12-11-13-15-32)47(39(49)50)43(4,5)56-37/h11-19,35-38H,20-31H2,1-10H3,(H,49,50)/t35-,36?,37+,38?/m0/s1. The van der Waals surface area contributed by atoms with Crippen LogP contribution in [0.5, 0.6) is 5.75 Å². The minimum atomic E-state index is -1.55. The summed E-state index contributed by atoms with van der Waals surface area (Å²) in [5.74, 6) is 0.748. The van der Waals surface area contributed by atoms with Gasteiger partial charge in [-0.3, -0.25) is 14.7 Å². The van der Waals surface area contributed by atoms with Crippen LogP contribution in [0.1, 0.15) is 59.6 Å². The Morgan fingerprint density at radius 2 is 1.36 bits per heavy atom. The molecule has 4 atom stereocenters. The molecule has 59 heavy (non-hydrogen) atoms. The Labute approximate surface area is 352 Å². The van der Waals surface area contributed by atoms with Crippen LogP contribution in [0.3, 0.4) is 0 Å². The average Bonchev–Trinajstić information content (AvgIpc) is 3.53. The molecule has 0 spiro atoms. The first-order chi connectivity index (χ1) is 27.6. The maximum Gasteiger partial charge on any atom is 0.412 e. The summed E-state index contributed by atoms with van der Waals surface area (Å²) in [6.45, 7) is 24.2. The van der Waals surface area contributed by atoms with Crippen LogP contribution in [-0.2, 0) is 36.5 Å². The normalized spacial score (nSPS) is 23.2. The van der Waals surface area contributed by atoms with Crippen molar-refractivity contribution in [1.29, 1.82) is 0 Å². The van der Waals surface area contributed by atoms with Gasteiger partial charge in [-0.05, 0) is 90.6 Å². The van der Waals surface area contributed by atoms with E-state index in [0.29, 0.717) is 19.4 Å². The lowest BCUT2D eigenvalue weighted by molar-refractivity contribution is -0.0879. The van der Waals surface area contributed by atoms with Crippen LogP contribution in [-0.4, -0.2) is 152 Å². The van der Waals surface area contributed by atoms with Gasteiger partial charge in [0.15, 0.2) is 0 Å². The fourth-order valence-corrected chi connectivity index (χ4v) is 8.79. The van der Waals surface area contributed by atoms with Gasteiger partial charge < -0.3 is 38.4 Å². The lowest BCUT2D eigenvalue weighted by atomic mass is 9.98. The summed E-state index contributed by atoms with van der Waals surface area (Å²) in [5.41, 5.74) is -1.14. The number of morpholine rings is 1. The quantitative estimate of drug-likeness (QED) is 0.183. The number of ether oxygens (including phenoxy) is 6. The molecular formula is C44H68N4O10Si. The molecular weight excluding hydrogens is 773 g/mol. The summed E-state index contributed by atoms with van der Waals surface area (Å²) in [5, 5.41) is 10.4. The van der Waals surface area contributed by atoms with E-state index < -0.39 is 67.7 Å². The zero-order valence-corrected chi connectivity index (χ0v) is 37.9. The minimum absolute atomic E-state index is 0.0342. The number of carbonyl (C=O) groups excluding carboxylic acids is 2. The fraction of sp³-hybridized carbons (Fsp3) is 0.659. The second-order valence-corrected chi connectivity index (χ2v) is 24.6. The molecule has 1 N–H and O–H groups in total. The highest BCUT2D eigenvalue weighted by atomic mass is 28.3. The molecule has 328 valence electrons. The first-order valence-corrected chi connectivity index (χ1v) is 24.7. The first kappa shape index (κ1) is 46.2. The van der Waals surface area contributed by atoms with Gasteiger partial charge in [-0.15, -0.1) is 0 Å². The zero-order valence-electron chi connectivity index (χ0n) is 36.9. The number of nitrogens with zero attached hydrogens (tertiary/aromatic N) is 4. The Bertz CT molecular complexity index is 1690. The first-order valence-electron chi connectivity index (χ1n) is 21.0. The molecule has 15 heteroatoms. The Kier molecular flexibility index (Phi) is 15.0. The van der Waals surface area contributed by atoms with Gasteiger partial charge >= 0.3 is 18.3 Å². The van der Waals surface area contributed by atoms with Crippen molar-refractivity contribution >= 4 is 26.4 Å². The predicted octanol–water partition coefficient (Wildman–Crippen LogP) is 7.18. The number of carbonyl (C=O) groups is 3. The molecule has 0 bridgehead atoms. The summed E-state index contributed by atoms with van der Waals surface area (Å²) in [4.78, 5) is 48.0. The zero-order chi connectivity index (χ0) is 43.2. The topological polar surface area (TPSA) is 140 Å². The predicted molar refractivity (Wildman–Crippen MR) is 228 cm³/mol. The molecule has 3 aliphatic heterocycles. The minimum Gasteiger partial charge on any atom is -0.492 e. The molecule has 5 rings (SSSR count). The van der Waals surface area contributed by atoms with Gasteiger partial charge in [0.05, 0.1) is 57.2 Å². The smallest absolute Gasteiger partial charge is 0.412 e. The lowest BCUT2D eigenvalue weighted by Crippen LogP contribution is -2.53. The number of carboxylic acid groups (broad SMARTS) is 1. The highest BCUT2D eigenvalue weighted by Gasteiger charge is 2.54.